The molecule has 3 rings (SSSR count). The Hall–Kier alpha value is -2.48. The highest BCUT2D eigenvalue weighted by atomic mass is 15.6. The van der Waals surface area contributed by atoms with Crippen molar-refractivity contribution < 1.29 is 0 Å². The summed E-state index contributed by atoms with van der Waals surface area (Å²) in [5, 5.41) is 18.1. The van der Waals surface area contributed by atoms with Crippen LogP contribution < -0.4 is 39.2 Å². The number of hydrazine groups is 2. The highest BCUT2D eigenvalue weighted by Crippen LogP contribution is 2.13. The fraction of sp³-hybridized carbons (Fsp3) is 0.200. The van der Waals surface area contributed by atoms with E-state index >= 15 is 0 Å². The zero-order chi connectivity index (χ0) is 13.1. The van der Waals surface area contributed by atoms with Crippen LogP contribution >= 0.6 is 0 Å². The number of anilines is 2. The predicted molar refractivity (Wildman–Crippen MR) is 59.0 cm³/mol. The van der Waals surface area contributed by atoms with Gasteiger partial charge in [-0.15, -0.1) is 0 Å². The van der Waals surface area contributed by atoms with E-state index in [1.54, 1.807) is 0 Å². The third-order valence-corrected chi connectivity index (χ3v) is 1.79. The quantitative estimate of drug-likeness (QED) is 0.147. The summed E-state index contributed by atoms with van der Waals surface area (Å²) in [6.45, 7) is 0. The van der Waals surface area contributed by atoms with Crippen molar-refractivity contribution in [3.63, 3.8) is 0 Å². The van der Waals surface area contributed by atoms with Crippen LogP contribution in [-0.4, -0.2) is 36.1 Å². The molecule has 0 saturated heterocycles. The maximum absolute atomic E-state index is 7.25. The van der Waals surface area contributed by atoms with E-state index in [9.17, 15) is 0 Å². The second kappa shape index (κ2) is 4.80. The first kappa shape index (κ1) is 12.0. The normalized spacial score (nSPS) is 11.8. The highest BCUT2D eigenvalue weighted by Gasteiger charge is 2.15. The number of nitrogens with zero attached hydrogens (tertiary/aromatic N) is 6. The third-order valence-electron chi connectivity index (χ3n) is 1.79. The summed E-state index contributed by atoms with van der Waals surface area (Å²) >= 11 is 0. The van der Waals surface area contributed by atoms with Crippen molar-refractivity contribution in [3.05, 3.63) is 5.62 Å². The van der Waals surface area contributed by atoms with Gasteiger partial charge in [0.1, 0.15) is 6.29 Å². The molecule has 2 aromatic heterocycles. The Kier molecular flexibility index (Phi) is 3.20. The van der Waals surface area contributed by atoms with Gasteiger partial charge in [0, 0.05) is 0 Å². The van der Waals surface area contributed by atoms with Crippen molar-refractivity contribution in [2.75, 3.05) is 10.9 Å². The Morgan fingerprint density at radius 2 is 1.83 bits per heavy atom. The molecule has 0 unspecified atom stereocenters. The van der Waals surface area contributed by atoms with E-state index in [1.165, 1.54) is 4.40 Å². The Labute approximate surface area is 99.3 Å². The second-order valence-electron chi connectivity index (χ2n) is 3.06. The molecule has 0 bridgehead atoms. The molecule has 0 radical (unpaired) electrons. The summed E-state index contributed by atoms with van der Waals surface area (Å²) < 4.78 is 1.53. The lowest BCUT2D eigenvalue weighted by atomic mass is 10.8. The standard InChI is InChI=1S/C4H3N9.CH8N4/c5-1-6-2-8-9-4-11-12-10-3(7-1)13(2)4;2-1(3)5-4/h(H3,5,6,7,8,9,10,11);1,5H,2-4H2. The first-order chi connectivity index (χ1) is 8.61. The summed E-state index contributed by atoms with van der Waals surface area (Å²) in [6, 6.07) is 0. The van der Waals surface area contributed by atoms with Crippen LogP contribution in [0.15, 0.2) is 0 Å². The average Bonchev–Trinajstić information content (AvgIpc) is 2.75. The van der Waals surface area contributed by atoms with Crippen LogP contribution in [0, 0.1) is 5.41 Å². The van der Waals surface area contributed by atoms with Gasteiger partial charge in [0.2, 0.25) is 11.6 Å². The number of hydrogen-bond donors (Lipinski definition) is 7. The maximum atomic E-state index is 7.25. The van der Waals surface area contributed by atoms with Crippen molar-refractivity contribution in [2.45, 2.75) is 6.29 Å². The minimum Gasteiger partial charge on any atom is -0.303 e. The lowest BCUT2D eigenvalue weighted by molar-refractivity contribution is 0.568. The van der Waals surface area contributed by atoms with Crippen LogP contribution in [0.25, 0.3) is 5.78 Å². The first-order valence-corrected chi connectivity index (χ1v) is 4.66. The average molecular weight is 253 g/mol. The van der Waals surface area contributed by atoms with E-state index in [0.717, 1.165) is 0 Å². The van der Waals surface area contributed by atoms with E-state index in [2.05, 4.69) is 47.5 Å². The molecular weight excluding hydrogens is 242 g/mol. The van der Waals surface area contributed by atoms with Gasteiger partial charge in [-0.1, -0.05) is 10.2 Å². The van der Waals surface area contributed by atoms with Crippen molar-refractivity contribution in [2.24, 2.45) is 17.3 Å². The van der Waals surface area contributed by atoms with Crippen molar-refractivity contribution in [3.8, 4) is 0 Å². The molecule has 1 aliphatic rings. The summed E-state index contributed by atoms with van der Waals surface area (Å²) in [6.07, 6.45) is -0.588. The summed E-state index contributed by atoms with van der Waals surface area (Å²) in [5.41, 5.74) is 17.1. The van der Waals surface area contributed by atoms with Gasteiger partial charge < -0.3 is 11.5 Å². The van der Waals surface area contributed by atoms with E-state index in [-0.39, 0.29) is 11.4 Å². The fourth-order valence-electron chi connectivity index (χ4n) is 1.10. The van der Waals surface area contributed by atoms with Gasteiger partial charge >= 0.3 is 0 Å². The molecule has 2 aromatic rings. The molecule has 13 heteroatoms. The molecule has 0 saturated carbocycles. The number of nitrogens with two attached hydrogens (primary N) is 3. The van der Waals surface area contributed by atoms with Crippen LogP contribution in [0.5, 0.6) is 0 Å². The molecule has 13 nitrogen and oxygen atoms in total. The molecule has 10 N–H and O–H groups in total. The molecule has 18 heavy (non-hydrogen) atoms. The Morgan fingerprint density at radius 1 is 1.17 bits per heavy atom. The van der Waals surface area contributed by atoms with Crippen molar-refractivity contribution >= 4 is 17.7 Å². The Bertz CT molecular complexity index is 600. The monoisotopic (exact) mass is 253 g/mol. The van der Waals surface area contributed by atoms with Gasteiger partial charge in [0.15, 0.2) is 0 Å². The zero-order valence-electron chi connectivity index (χ0n) is 8.99. The van der Waals surface area contributed by atoms with Gasteiger partial charge in [-0.3, -0.25) is 22.1 Å². The molecule has 0 spiro atoms. The molecule has 0 atom stereocenters. The smallest absolute Gasteiger partial charge is 0.264 e. The van der Waals surface area contributed by atoms with Crippen LogP contribution in [0.3, 0.4) is 0 Å². The molecule has 3 heterocycles. The molecule has 0 aromatic carbocycles. The Balaban J connectivity index is 0.000000209. The molecule has 1 aliphatic heterocycles. The summed E-state index contributed by atoms with van der Waals surface area (Å²) in [5.74, 6) is 5.86. The van der Waals surface area contributed by atoms with Gasteiger partial charge in [-0.25, -0.2) is 9.83 Å². The first-order valence-electron chi connectivity index (χ1n) is 4.66. The Morgan fingerprint density at radius 3 is 2.50 bits per heavy atom. The lowest BCUT2D eigenvalue weighted by Crippen LogP contribution is -2.48. The van der Waals surface area contributed by atoms with Crippen LogP contribution in [0.4, 0.5) is 11.9 Å². The van der Waals surface area contributed by atoms with E-state index in [1.807, 2.05) is 0 Å². The van der Waals surface area contributed by atoms with Gasteiger partial charge in [-0.2, -0.15) is 9.97 Å². The van der Waals surface area contributed by atoms with Crippen LogP contribution in [0.2, 0.25) is 0 Å². The van der Waals surface area contributed by atoms with E-state index < -0.39 is 6.29 Å². The minimum atomic E-state index is -0.588. The minimum absolute atomic E-state index is 0.113. The predicted octanol–water partition coefficient (Wildman–Crippen LogP) is -4.20. The molecule has 0 fully saturated rings. The number of nitrogens with one attached hydrogen (secondary N) is 4. The largest absolute Gasteiger partial charge is 0.303 e. The SMILES string of the molecule is N=c1nc2n3c(nnnc3n1)NN2.NNC(N)N. The van der Waals surface area contributed by atoms with Gasteiger partial charge in [-0.05, 0) is 5.21 Å². The zero-order valence-corrected chi connectivity index (χ0v) is 8.99. The number of rotatable bonds is 1. The third kappa shape index (κ3) is 2.28. The fourth-order valence-corrected chi connectivity index (χ4v) is 1.10. The van der Waals surface area contributed by atoms with Crippen molar-refractivity contribution in [1.29, 1.82) is 5.41 Å². The van der Waals surface area contributed by atoms with Crippen LogP contribution in [-0.2, 0) is 0 Å². The molecule has 0 amide bonds. The van der Waals surface area contributed by atoms with E-state index in [0.29, 0.717) is 11.9 Å². The van der Waals surface area contributed by atoms with E-state index in [4.69, 9.17) is 16.9 Å². The molecule has 96 valence electrons. The second-order valence-corrected chi connectivity index (χ2v) is 3.06. The number of hydrogen-bond acceptors (Lipinski definition) is 12. The topological polar surface area (TPSA) is 207 Å². The molecule has 0 aliphatic carbocycles. The summed E-state index contributed by atoms with van der Waals surface area (Å²) in [4.78, 5) is 7.57. The van der Waals surface area contributed by atoms with Gasteiger partial charge in [0.05, 0.1) is 0 Å². The lowest BCUT2D eigenvalue weighted by Gasteiger charge is -1.96. The molecular formula is C5H11N13. The highest BCUT2D eigenvalue weighted by molar-refractivity contribution is 5.53. The number of aromatic nitrogens is 6. The van der Waals surface area contributed by atoms with Crippen molar-refractivity contribution in [1.82, 2.24) is 35.2 Å². The van der Waals surface area contributed by atoms with Gasteiger partial charge in [0.25, 0.3) is 11.7 Å². The summed E-state index contributed by atoms with van der Waals surface area (Å²) in [7, 11) is 0. The maximum Gasteiger partial charge on any atom is 0.264 e. The van der Waals surface area contributed by atoms with Crippen LogP contribution in [0.1, 0.15) is 0 Å².